The second-order valence-corrected chi connectivity index (χ2v) is 7.05. The molecule has 3 aromatic rings. The van der Waals surface area contributed by atoms with Crippen molar-refractivity contribution in [2.75, 3.05) is 51.2 Å². The monoisotopic (exact) mass is 379 g/mol. The van der Waals surface area contributed by atoms with E-state index in [4.69, 9.17) is 0 Å². The number of para-hydroxylation sites is 2. The molecule has 1 aromatic carbocycles. The van der Waals surface area contributed by atoms with E-state index in [9.17, 15) is 4.79 Å². The Labute approximate surface area is 164 Å². The highest BCUT2D eigenvalue weighted by molar-refractivity contribution is 5.78. The number of carbonyl (C=O) groups is 1. The summed E-state index contributed by atoms with van der Waals surface area (Å²) < 4.78 is 2.09. The van der Waals surface area contributed by atoms with Gasteiger partial charge in [-0.15, -0.1) is 0 Å². The molecule has 1 aliphatic heterocycles. The summed E-state index contributed by atoms with van der Waals surface area (Å²) in [4.78, 5) is 31.8. The number of carbonyl (C=O) groups excluding carboxylic acids is 1. The molecule has 8 nitrogen and oxygen atoms in total. The molecule has 0 saturated carbocycles. The highest BCUT2D eigenvalue weighted by Gasteiger charge is 2.21. The van der Waals surface area contributed by atoms with Gasteiger partial charge in [0.25, 0.3) is 0 Å². The second-order valence-electron chi connectivity index (χ2n) is 7.05. The summed E-state index contributed by atoms with van der Waals surface area (Å²) in [5.74, 6) is 0.909. The summed E-state index contributed by atoms with van der Waals surface area (Å²) in [7, 11) is 1.87. The van der Waals surface area contributed by atoms with Gasteiger partial charge in [-0.1, -0.05) is 12.1 Å². The van der Waals surface area contributed by atoms with E-state index in [0.29, 0.717) is 13.1 Å². The van der Waals surface area contributed by atoms with Crippen LogP contribution in [0.15, 0.2) is 49.1 Å². The molecule has 3 heterocycles. The zero-order valence-corrected chi connectivity index (χ0v) is 16.1. The normalized spacial score (nSPS) is 15.1. The number of benzene rings is 1. The van der Waals surface area contributed by atoms with Gasteiger partial charge in [-0.3, -0.25) is 9.69 Å². The minimum Gasteiger partial charge on any atom is -0.343 e. The van der Waals surface area contributed by atoms with E-state index >= 15 is 0 Å². The first-order valence-corrected chi connectivity index (χ1v) is 9.59. The van der Waals surface area contributed by atoms with Crippen LogP contribution in [0.2, 0.25) is 0 Å². The van der Waals surface area contributed by atoms with Gasteiger partial charge < -0.3 is 14.4 Å². The van der Waals surface area contributed by atoms with Gasteiger partial charge in [0, 0.05) is 58.7 Å². The molecule has 0 unspecified atom stereocenters. The molecule has 28 heavy (non-hydrogen) atoms. The fourth-order valence-electron chi connectivity index (χ4n) is 3.44. The lowest BCUT2D eigenvalue weighted by Gasteiger charge is -2.34. The molecular weight excluding hydrogens is 354 g/mol. The van der Waals surface area contributed by atoms with E-state index in [-0.39, 0.29) is 5.91 Å². The Hall–Kier alpha value is -3.00. The van der Waals surface area contributed by atoms with Gasteiger partial charge in [0.2, 0.25) is 11.9 Å². The van der Waals surface area contributed by atoms with Crippen molar-refractivity contribution in [2.24, 2.45) is 0 Å². The molecule has 0 aliphatic carbocycles. The van der Waals surface area contributed by atoms with Gasteiger partial charge in [-0.2, -0.15) is 0 Å². The maximum atomic E-state index is 12.6. The number of hydrogen-bond acceptors (Lipinski definition) is 6. The Morgan fingerprint density at radius 3 is 2.57 bits per heavy atom. The highest BCUT2D eigenvalue weighted by atomic mass is 16.2. The lowest BCUT2D eigenvalue weighted by molar-refractivity contribution is -0.131. The third-order valence-electron chi connectivity index (χ3n) is 5.20. The Morgan fingerprint density at radius 1 is 1.04 bits per heavy atom. The van der Waals surface area contributed by atoms with Crippen LogP contribution in [-0.4, -0.2) is 81.5 Å². The molecule has 0 spiro atoms. The zero-order chi connectivity index (χ0) is 19.3. The second kappa shape index (κ2) is 8.35. The van der Waals surface area contributed by atoms with Crippen molar-refractivity contribution < 1.29 is 4.79 Å². The molecule has 2 aromatic heterocycles. The summed E-state index contributed by atoms with van der Waals surface area (Å²) >= 11 is 0. The van der Waals surface area contributed by atoms with Crippen LogP contribution in [0.25, 0.3) is 11.0 Å². The Balaban J connectivity index is 1.25. The number of fused-ring (bicyclic) bond motifs is 1. The predicted molar refractivity (Wildman–Crippen MR) is 108 cm³/mol. The van der Waals surface area contributed by atoms with Crippen molar-refractivity contribution in [1.82, 2.24) is 29.3 Å². The summed E-state index contributed by atoms with van der Waals surface area (Å²) in [5.41, 5.74) is 2.08. The number of rotatable bonds is 6. The third-order valence-corrected chi connectivity index (χ3v) is 5.20. The molecule has 4 rings (SSSR count). The number of anilines is 1. The Kier molecular flexibility index (Phi) is 5.48. The number of likely N-dealkylation sites (N-methyl/N-ethyl adjacent to an activating group) is 1. The molecule has 1 aliphatic rings. The van der Waals surface area contributed by atoms with Crippen LogP contribution in [0.1, 0.15) is 0 Å². The van der Waals surface area contributed by atoms with E-state index in [0.717, 1.165) is 49.7 Å². The molecule has 0 radical (unpaired) electrons. The number of imidazole rings is 1. The first-order chi connectivity index (χ1) is 13.7. The smallest absolute Gasteiger partial charge is 0.236 e. The van der Waals surface area contributed by atoms with Gasteiger partial charge in [0.05, 0.1) is 23.9 Å². The fraction of sp³-hybridized carbons (Fsp3) is 0.400. The van der Waals surface area contributed by atoms with Gasteiger partial charge in [-0.05, 0) is 18.2 Å². The average molecular weight is 379 g/mol. The van der Waals surface area contributed by atoms with Crippen molar-refractivity contribution in [3.8, 4) is 0 Å². The minimum absolute atomic E-state index is 0.147. The van der Waals surface area contributed by atoms with Crippen LogP contribution < -0.4 is 4.90 Å². The maximum absolute atomic E-state index is 12.6. The lowest BCUT2D eigenvalue weighted by atomic mass is 10.3. The van der Waals surface area contributed by atoms with Crippen LogP contribution in [0.5, 0.6) is 0 Å². The SMILES string of the molecule is CN(CCn1cnc2ccccc21)C(=O)CN1CCN(c2ncccn2)CC1. The van der Waals surface area contributed by atoms with Gasteiger partial charge in [0.1, 0.15) is 0 Å². The molecule has 8 heteroatoms. The van der Waals surface area contributed by atoms with Crippen LogP contribution in [0.4, 0.5) is 5.95 Å². The lowest BCUT2D eigenvalue weighted by Crippen LogP contribution is -2.50. The molecule has 0 N–H and O–H groups in total. The molecule has 146 valence electrons. The van der Waals surface area contributed by atoms with E-state index < -0.39 is 0 Å². The van der Waals surface area contributed by atoms with Crippen molar-refractivity contribution in [2.45, 2.75) is 6.54 Å². The van der Waals surface area contributed by atoms with Crippen LogP contribution in [0, 0.1) is 0 Å². The number of piperazine rings is 1. The first kappa shape index (κ1) is 18.4. The summed E-state index contributed by atoms with van der Waals surface area (Å²) in [5, 5.41) is 0. The predicted octanol–water partition coefficient (Wildman–Crippen LogP) is 1.11. The average Bonchev–Trinajstić information content (AvgIpc) is 3.16. The zero-order valence-electron chi connectivity index (χ0n) is 16.1. The van der Waals surface area contributed by atoms with E-state index in [1.54, 1.807) is 17.3 Å². The van der Waals surface area contributed by atoms with Crippen molar-refractivity contribution >= 4 is 22.9 Å². The van der Waals surface area contributed by atoms with E-state index in [2.05, 4.69) is 35.4 Å². The van der Waals surface area contributed by atoms with E-state index in [1.165, 1.54) is 0 Å². The topological polar surface area (TPSA) is 70.4 Å². The molecule has 1 amide bonds. The van der Waals surface area contributed by atoms with Gasteiger partial charge in [0.15, 0.2) is 0 Å². The van der Waals surface area contributed by atoms with Crippen molar-refractivity contribution in [3.05, 3.63) is 49.1 Å². The van der Waals surface area contributed by atoms with Crippen LogP contribution in [-0.2, 0) is 11.3 Å². The third kappa shape index (κ3) is 4.12. The maximum Gasteiger partial charge on any atom is 0.236 e. The number of hydrogen-bond donors (Lipinski definition) is 0. The quantitative estimate of drug-likeness (QED) is 0.639. The summed E-state index contributed by atoms with van der Waals surface area (Å²) in [6, 6.07) is 9.87. The number of nitrogens with zero attached hydrogens (tertiary/aromatic N) is 7. The minimum atomic E-state index is 0.147. The first-order valence-electron chi connectivity index (χ1n) is 9.59. The van der Waals surface area contributed by atoms with Gasteiger partial charge in [-0.25, -0.2) is 15.0 Å². The highest BCUT2D eigenvalue weighted by Crippen LogP contribution is 2.12. The molecule has 1 saturated heterocycles. The molecule has 0 bridgehead atoms. The Bertz CT molecular complexity index is 918. The van der Waals surface area contributed by atoms with Crippen molar-refractivity contribution in [1.29, 1.82) is 0 Å². The van der Waals surface area contributed by atoms with E-state index in [1.807, 2.05) is 37.6 Å². The summed E-state index contributed by atoms with van der Waals surface area (Å²) in [6.45, 7) is 5.20. The Morgan fingerprint density at radius 2 is 1.79 bits per heavy atom. The molecular formula is C20H25N7O. The van der Waals surface area contributed by atoms with Crippen LogP contribution >= 0.6 is 0 Å². The summed E-state index contributed by atoms with van der Waals surface area (Å²) in [6.07, 6.45) is 5.36. The largest absolute Gasteiger partial charge is 0.343 e. The van der Waals surface area contributed by atoms with Crippen LogP contribution in [0.3, 0.4) is 0 Å². The standard InChI is InChI=1S/C20H25N7O/c1-24(9-12-27-16-23-17-5-2-3-6-18(17)27)19(28)15-25-10-13-26(14-11-25)20-21-7-4-8-22-20/h2-8,16H,9-15H2,1H3. The molecule has 0 atom stereocenters. The van der Waals surface area contributed by atoms with Crippen molar-refractivity contribution in [3.63, 3.8) is 0 Å². The number of amides is 1. The fourth-order valence-corrected chi connectivity index (χ4v) is 3.44. The molecule has 1 fully saturated rings. The number of aromatic nitrogens is 4. The van der Waals surface area contributed by atoms with Gasteiger partial charge >= 0.3 is 0 Å².